The molecule has 39 heavy (non-hydrogen) atoms. The first-order valence-corrected chi connectivity index (χ1v) is 13.8. The highest BCUT2D eigenvalue weighted by molar-refractivity contribution is 8.19. The van der Waals surface area contributed by atoms with Crippen LogP contribution in [0.1, 0.15) is 18.1 Å². The Labute approximate surface area is 235 Å². The molecule has 0 aliphatic carbocycles. The fourth-order valence-electron chi connectivity index (χ4n) is 4.22. The molecule has 5 rings (SSSR count). The number of carbonyl (C=O) groups excluding carboxylic acids is 1. The first-order valence-electron chi connectivity index (χ1n) is 12.2. The summed E-state index contributed by atoms with van der Waals surface area (Å²) in [4.78, 5) is 28.2. The molecule has 196 valence electrons. The number of guanidine groups is 1. The molecule has 0 unspecified atom stereocenters. The predicted octanol–water partition coefficient (Wildman–Crippen LogP) is 5.07. The number of nitrogens with one attached hydrogen (secondary N) is 1. The highest BCUT2D eigenvalue weighted by Crippen LogP contribution is 2.51. The molecule has 3 aromatic rings. The van der Waals surface area contributed by atoms with E-state index in [1.807, 2.05) is 73.5 Å². The number of anilines is 2. The number of hydrogen-bond acceptors (Lipinski definition) is 8. The lowest BCUT2D eigenvalue weighted by atomic mass is 10.2. The van der Waals surface area contributed by atoms with E-state index in [1.165, 1.54) is 23.5 Å². The maximum absolute atomic E-state index is 13.9. The minimum Gasteiger partial charge on any atom is -0.384 e. The lowest BCUT2D eigenvalue weighted by Gasteiger charge is -2.17. The summed E-state index contributed by atoms with van der Waals surface area (Å²) in [5.41, 5.74) is 15.6. The Hall–Kier alpha value is -4.40. The van der Waals surface area contributed by atoms with Crippen LogP contribution in [0.2, 0.25) is 0 Å². The van der Waals surface area contributed by atoms with Gasteiger partial charge in [-0.25, -0.2) is 9.98 Å². The molecule has 2 aliphatic rings. The van der Waals surface area contributed by atoms with E-state index in [4.69, 9.17) is 16.5 Å². The molecule has 0 bridgehead atoms. The van der Waals surface area contributed by atoms with Crippen molar-refractivity contribution < 1.29 is 4.79 Å². The Balaban J connectivity index is 1.58. The summed E-state index contributed by atoms with van der Waals surface area (Å²) < 4.78 is 0. The monoisotopic (exact) mass is 554 g/mol. The second kappa shape index (κ2) is 11.1. The van der Waals surface area contributed by atoms with Crippen LogP contribution in [-0.2, 0) is 11.3 Å². The molecule has 2 heterocycles. The van der Waals surface area contributed by atoms with Gasteiger partial charge in [0.25, 0.3) is 5.91 Å². The molecule has 0 radical (unpaired) electrons. The number of nitriles is 1. The van der Waals surface area contributed by atoms with Gasteiger partial charge >= 0.3 is 0 Å². The summed E-state index contributed by atoms with van der Waals surface area (Å²) in [6, 6.07) is 23.0. The molecule has 11 heteroatoms. The van der Waals surface area contributed by atoms with Crippen molar-refractivity contribution in [3.05, 3.63) is 87.8 Å². The predicted molar refractivity (Wildman–Crippen MR) is 160 cm³/mol. The van der Waals surface area contributed by atoms with Crippen LogP contribution in [0.3, 0.4) is 0 Å². The number of thioether (sulfide) groups is 2. The van der Waals surface area contributed by atoms with E-state index in [0.717, 1.165) is 26.9 Å². The van der Waals surface area contributed by atoms with Crippen LogP contribution in [0, 0.1) is 11.3 Å². The van der Waals surface area contributed by atoms with E-state index in [0.29, 0.717) is 40.1 Å². The van der Waals surface area contributed by atoms with Crippen LogP contribution in [0.4, 0.5) is 22.7 Å². The summed E-state index contributed by atoms with van der Waals surface area (Å²) in [6.45, 7) is 3.06. The molecular formula is C28H26N8OS2. The van der Waals surface area contributed by atoms with Crippen molar-refractivity contribution in [3.63, 3.8) is 0 Å². The van der Waals surface area contributed by atoms with Crippen molar-refractivity contribution in [2.24, 2.45) is 21.5 Å². The highest BCUT2D eigenvalue weighted by atomic mass is 32.2. The molecule has 0 aromatic heterocycles. The van der Waals surface area contributed by atoms with Gasteiger partial charge in [-0.3, -0.25) is 9.69 Å². The molecule has 2 aliphatic heterocycles. The third kappa shape index (κ3) is 5.43. The number of amidine groups is 1. The largest absolute Gasteiger partial charge is 0.384 e. The maximum Gasteiger partial charge on any atom is 0.269 e. The number of aliphatic imine (C=N–C) groups is 2. The van der Waals surface area contributed by atoms with E-state index in [1.54, 1.807) is 17.0 Å². The number of nitrogens with zero attached hydrogens (tertiary/aromatic N) is 5. The van der Waals surface area contributed by atoms with E-state index in [2.05, 4.69) is 16.4 Å². The maximum atomic E-state index is 13.9. The Morgan fingerprint density at radius 2 is 1.87 bits per heavy atom. The minimum absolute atomic E-state index is 0.0128. The van der Waals surface area contributed by atoms with E-state index >= 15 is 0 Å². The summed E-state index contributed by atoms with van der Waals surface area (Å²) in [6.07, 6.45) is 0. The molecule has 0 spiro atoms. The zero-order valence-electron chi connectivity index (χ0n) is 21.4. The van der Waals surface area contributed by atoms with Gasteiger partial charge in [0.2, 0.25) is 0 Å². The van der Waals surface area contributed by atoms with E-state index < -0.39 is 0 Å². The van der Waals surface area contributed by atoms with Crippen molar-refractivity contribution in [2.45, 2.75) is 18.4 Å². The summed E-state index contributed by atoms with van der Waals surface area (Å²) in [7, 11) is 1.94. The number of nitrogens with two attached hydrogens (primary N) is 2. The normalized spacial score (nSPS) is 17.4. The van der Waals surface area contributed by atoms with Gasteiger partial charge in [0, 0.05) is 18.5 Å². The van der Waals surface area contributed by atoms with Gasteiger partial charge in [0.15, 0.2) is 11.1 Å². The Morgan fingerprint density at radius 3 is 2.59 bits per heavy atom. The smallest absolute Gasteiger partial charge is 0.269 e. The third-order valence-corrected chi connectivity index (χ3v) is 8.44. The zero-order chi connectivity index (χ0) is 27.5. The molecule has 9 nitrogen and oxygen atoms in total. The molecule has 1 saturated heterocycles. The van der Waals surface area contributed by atoms with Gasteiger partial charge in [-0.15, -0.1) is 0 Å². The SMILES string of the molecule is CCNc1ccc(C#N)cc1N=C1S/C(=C2\Sc3cc(N=C(N)N)ccc3N2C)C(=O)N1Cc1ccccc1. The van der Waals surface area contributed by atoms with Crippen LogP contribution in [-0.4, -0.2) is 35.5 Å². The van der Waals surface area contributed by atoms with Gasteiger partial charge in [-0.05, 0) is 60.6 Å². The fraction of sp³-hybridized carbons (Fsp3) is 0.143. The Bertz CT molecular complexity index is 1570. The van der Waals surface area contributed by atoms with Crippen LogP contribution in [0.15, 0.2) is 91.5 Å². The number of carbonyl (C=O) groups is 1. The fourth-order valence-corrected chi connectivity index (χ4v) is 6.59. The molecule has 0 saturated carbocycles. The Kier molecular flexibility index (Phi) is 7.49. The average Bonchev–Trinajstić information content (AvgIpc) is 3.41. The van der Waals surface area contributed by atoms with Gasteiger partial charge in [0.1, 0.15) is 4.91 Å². The first kappa shape index (κ1) is 26.2. The summed E-state index contributed by atoms with van der Waals surface area (Å²) in [5, 5.41) is 14.1. The summed E-state index contributed by atoms with van der Waals surface area (Å²) >= 11 is 2.83. The van der Waals surface area contributed by atoms with Crippen molar-refractivity contribution in [2.75, 3.05) is 23.8 Å². The van der Waals surface area contributed by atoms with Crippen molar-refractivity contribution in [1.82, 2.24) is 4.90 Å². The third-order valence-electron chi connectivity index (χ3n) is 6.03. The standard InChI is InChI=1S/C28H26N8OS2/c1-3-32-20-11-9-18(15-29)13-21(20)34-28-36(16-17-7-5-4-6-8-17)25(37)24(39-28)26-35(2)22-12-10-19(33-27(30)31)14-23(22)38-26/h4-14,32H,3,16H2,1-2H3,(H4,30,31,33)/b26-24-,34-28?. The zero-order valence-corrected chi connectivity index (χ0v) is 23.0. The van der Waals surface area contributed by atoms with Crippen LogP contribution >= 0.6 is 23.5 Å². The average molecular weight is 555 g/mol. The molecular weight excluding hydrogens is 528 g/mol. The second-order valence-electron chi connectivity index (χ2n) is 8.73. The van der Waals surface area contributed by atoms with Crippen molar-refractivity contribution in [3.8, 4) is 6.07 Å². The minimum atomic E-state index is -0.129. The lowest BCUT2D eigenvalue weighted by Crippen LogP contribution is -2.29. The van der Waals surface area contributed by atoms with Crippen LogP contribution < -0.4 is 21.7 Å². The molecule has 0 atom stereocenters. The lowest BCUT2D eigenvalue weighted by molar-refractivity contribution is -0.122. The van der Waals surface area contributed by atoms with Gasteiger partial charge in [-0.1, -0.05) is 42.1 Å². The van der Waals surface area contributed by atoms with E-state index in [9.17, 15) is 10.1 Å². The van der Waals surface area contributed by atoms with Crippen LogP contribution in [0.5, 0.6) is 0 Å². The quantitative estimate of drug-likeness (QED) is 0.218. The number of hydrogen-bond donors (Lipinski definition) is 3. The Morgan fingerprint density at radius 1 is 1.08 bits per heavy atom. The van der Waals surface area contributed by atoms with Crippen LogP contribution in [0.25, 0.3) is 0 Å². The number of benzene rings is 3. The van der Waals surface area contributed by atoms with Gasteiger partial charge in [-0.2, -0.15) is 5.26 Å². The topological polar surface area (TPSA) is 136 Å². The van der Waals surface area contributed by atoms with Crippen molar-refractivity contribution in [1.29, 1.82) is 5.26 Å². The molecule has 3 aromatic carbocycles. The summed E-state index contributed by atoms with van der Waals surface area (Å²) in [5.74, 6) is -0.142. The number of amides is 1. The van der Waals surface area contributed by atoms with Crippen molar-refractivity contribution >= 4 is 63.3 Å². The molecule has 1 amide bonds. The van der Waals surface area contributed by atoms with Gasteiger partial charge < -0.3 is 21.7 Å². The molecule has 1 fully saturated rings. The number of fused-ring (bicyclic) bond motifs is 1. The molecule has 5 N–H and O–H groups in total. The highest BCUT2D eigenvalue weighted by Gasteiger charge is 2.39. The second-order valence-corrected chi connectivity index (χ2v) is 10.7. The number of rotatable bonds is 6. The van der Waals surface area contributed by atoms with Gasteiger partial charge in [0.05, 0.1) is 46.0 Å². The first-order chi connectivity index (χ1) is 18.9. The van der Waals surface area contributed by atoms with E-state index in [-0.39, 0.29) is 11.9 Å².